The summed E-state index contributed by atoms with van der Waals surface area (Å²) in [5.74, 6) is 1.76. The van der Waals surface area contributed by atoms with Crippen molar-refractivity contribution < 1.29 is 19.0 Å². The zero-order chi connectivity index (χ0) is 24.3. The SMILES string of the molecule is COc1cc(/C=N/NC(=O)CCCOc2ccc(C)cc2Br)ccc1OCc1ccc(Cl)cc1. The average molecular weight is 546 g/mol. The largest absolute Gasteiger partial charge is 0.493 e. The van der Waals surface area contributed by atoms with Crippen LogP contribution in [0.15, 0.2) is 70.2 Å². The smallest absolute Gasteiger partial charge is 0.240 e. The number of carbonyl (C=O) groups excluding carboxylic acids is 1. The van der Waals surface area contributed by atoms with E-state index in [0.717, 1.165) is 26.9 Å². The van der Waals surface area contributed by atoms with Crippen molar-refractivity contribution in [3.63, 3.8) is 0 Å². The zero-order valence-corrected chi connectivity index (χ0v) is 21.4. The first kappa shape index (κ1) is 25.6. The summed E-state index contributed by atoms with van der Waals surface area (Å²) in [5, 5.41) is 4.71. The second-order valence-corrected chi connectivity index (χ2v) is 8.80. The van der Waals surface area contributed by atoms with Crippen molar-refractivity contribution in [1.29, 1.82) is 0 Å². The van der Waals surface area contributed by atoms with Crippen molar-refractivity contribution >= 4 is 39.7 Å². The Morgan fingerprint density at radius 3 is 2.53 bits per heavy atom. The molecule has 0 atom stereocenters. The second kappa shape index (κ2) is 13.0. The molecule has 8 heteroatoms. The molecule has 0 aliphatic carbocycles. The van der Waals surface area contributed by atoms with Gasteiger partial charge in [-0.2, -0.15) is 5.10 Å². The molecule has 0 aromatic heterocycles. The summed E-state index contributed by atoms with van der Waals surface area (Å²) in [6.07, 6.45) is 2.44. The van der Waals surface area contributed by atoms with Crippen LogP contribution in [0.25, 0.3) is 0 Å². The van der Waals surface area contributed by atoms with Gasteiger partial charge in [-0.1, -0.05) is 29.8 Å². The Labute approximate surface area is 213 Å². The molecule has 34 heavy (non-hydrogen) atoms. The van der Waals surface area contributed by atoms with Crippen molar-refractivity contribution in [2.45, 2.75) is 26.4 Å². The lowest BCUT2D eigenvalue weighted by Gasteiger charge is -2.11. The number of methoxy groups -OCH3 is 1. The van der Waals surface area contributed by atoms with Gasteiger partial charge in [-0.15, -0.1) is 0 Å². The van der Waals surface area contributed by atoms with E-state index in [0.29, 0.717) is 42.6 Å². The monoisotopic (exact) mass is 544 g/mol. The van der Waals surface area contributed by atoms with Crippen LogP contribution in [0.3, 0.4) is 0 Å². The number of carbonyl (C=O) groups is 1. The van der Waals surface area contributed by atoms with Gasteiger partial charge in [0, 0.05) is 11.4 Å². The predicted octanol–water partition coefficient (Wildman–Crippen LogP) is 6.31. The molecule has 0 saturated heterocycles. The Bertz CT molecular complexity index is 1140. The first-order chi connectivity index (χ1) is 16.4. The van der Waals surface area contributed by atoms with E-state index in [1.54, 1.807) is 25.5 Å². The minimum absolute atomic E-state index is 0.183. The van der Waals surface area contributed by atoms with E-state index >= 15 is 0 Å². The fourth-order valence-electron chi connectivity index (χ4n) is 3.00. The summed E-state index contributed by atoms with van der Waals surface area (Å²) in [6, 6.07) is 18.8. The van der Waals surface area contributed by atoms with E-state index in [4.69, 9.17) is 25.8 Å². The lowest BCUT2D eigenvalue weighted by molar-refractivity contribution is -0.121. The molecule has 178 valence electrons. The summed E-state index contributed by atoms with van der Waals surface area (Å²) < 4.78 is 17.9. The molecule has 0 aliphatic heterocycles. The van der Waals surface area contributed by atoms with Crippen LogP contribution in [-0.4, -0.2) is 25.8 Å². The van der Waals surface area contributed by atoms with Crippen molar-refractivity contribution in [2.24, 2.45) is 5.10 Å². The molecule has 0 saturated carbocycles. The molecule has 0 fully saturated rings. The van der Waals surface area contributed by atoms with Crippen LogP contribution in [0.1, 0.15) is 29.5 Å². The lowest BCUT2D eigenvalue weighted by Crippen LogP contribution is -2.18. The minimum Gasteiger partial charge on any atom is -0.493 e. The summed E-state index contributed by atoms with van der Waals surface area (Å²) in [5.41, 5.74) is 5.45. The molecule has 1 amide bonds. The minimum atomic E-state index is -0.183. The van der Waals surface area contributed by atoms with Gasteiger partial charge in [0.1, 0.15) is 12.4 Å². The Hall–Kier alpha value is -3.03. The maximum Gasteiger partial charge on any atom is 0.240 e. The average Bonchev–Trinajstić information content (AvgIpc) is 2.83. The highest BCUT2D eigenvalue weighted by molar-refractivity contribution is 9.10. The molecule has 3 rings (SSSR count). The molecule has 0 spiro atoms. The fourth-order valence-corrected chi connectivity index (χ4v) is 3.73. The van der Waals surface area contributed by atoms with Gasteiger partial charge < -0.3 is 14.2 Å². The number of hydrazone groups is 1. The van der Waals surface area contributed by atoms with Crippen LogP contribution < -0.4 is 19.6 Å². The van der Waals surface area contributed by atoms with E-state index in [2.05, 4.69) is 26.5 Å². The first-order valence-corrected chi connectivity index (χ1v) is 11.9. The highest BCUT2D eigenvalue weighted by Crippen LogP contribution is 2.28. The first-order valence-electron chi connectivity index (χ1n) is 10.7. The number of halogens is 2. The number of hydrogen-bond acceptors (Lipinski definition) is 5. The number of nitrogens with zero attached hydrogens (tertiary/aromatic N) is 1. The van der Waals surface area contributed by atoms with E-state index in [-0.39, 0.29) is 5.91 Å². The molecule has 1 N–H and O–H groups in total. The van der Waals surface area contributed by atoms with E-state index in [9.17, 15) is 4.79 Å². The van der Waals surface area contributed by atoms with E-state index in [1.165, 1.54) is 0 Å². The van der Waals surface area contributed by atoms with Crippen LogP contribution in [0.5, 0.6) is 17.2 Å². The molecule has 0 heterocycles. The Balaban J connectivity index is 1.43. The number of hydrogen-bond donors (Lipinski definition) is 1. The zero-order valence-electron chi connectivity index (χ0n) is 19.0. The van der Waals surface area contributed by atoms with Crippen LogP contribution >= 0.6 is 27.5 Å². The highest BCUT2D eigenvalue weighted by Gasteiger charge is 2.07. The highest BCUT2D eigenvalue weighted by atomic mass is 79.9. The standard InChI is InChI=1S/C26H26BrClN2O4/c1-18-5-11-23(22(27)14-18)33-13-3-4-26(31)30-29-16-20-8-12-24(25(15-20)32-2)34-17-19-6-9-21(28)10-7-19/h5-12,14-16H,3-4,13,17H2,1-2H3,(H,30,31)/b29-16+. The van der Waals surface area contributed by atoms with Crippen LogP contribution in [0, 0.1) is 6.92 Å². The van der Waals surface area contributed by atoms with Gasteiger partial charge in [-0.25, -0.2) is 5.43 Å². The van der Waals surface area contributed by atoms with Crippen molar-refractivity contribution in [3.8, 4) is 17.2 Å². The van der Waals surface area contributed by atoms with Gasteiger partial charge >= 0.3 is 0 Å². The number of aryl methyl sites for hydroxylation is 1. The number of rotatable bonds is 11. The predicted molar refractivity (Wildman–Crippen MR) is 138 cm³/mol. The fraction of sp³-hybridized carbons (Fsp3) is 0.231. The molecule has 6 nitrogen and oxygen atoms in total. The Kier molecular flexibility index (Phi) is 9.79. The van der Waals surface area contributed by atoms with Gasteiger partial charge in [-0.05, 0) is 88.4 Å². The number of ether oxygens (including phenoxy) is 3. The molecule has 0 radical (unpaired) electrons. The number of nitrogens with one attached hydrogen (secondary N) is 1. The molecular formula is C26H26BrClN2O4. The Morgan fingerprint density at radius 2 is 1.79 bits per heavy atom. The topological polar surface area (TPSA) is 69.2 Å². The van der Waals surface area contributed by atoms with Gasteiger partial charge in [0.25, 0.3) is 0 Å². The van der Waals surface area contributed by atoms with Gasteiger partial charge in [0.05, 0.1) is 24.4 Å². The van der Waals surface area contributed by atoms with Gasteiger partial charge in [0.2, 0.25) is 5.91 Å². The molecule has 0 aliphatic rings. The third-order valence-corrected chi connectivity index (χ3v) is 5.66. The van der Waals surface area contributed by atoms with E-state index < -0.39 is 0 Å². The van der Waals surface area contributed by atoms with Crippen LogP contribution in [-0.2, 0) is 11.4 Å². The molecule has 3 aromatic carbocycles. The summed E-state index contributed by atoms with van der Waals surface area (Å²) in [4.78, 5) is 12.0. The van der Waals surface area contributed by atoms with Crippen LogP contribution in [0.4, 0.5) is 0 Å². The normalized spacial score (nSPS) is 10.8. The maximum absolute atomic E-state index is 12.0. The quantitative estimate of drug-likeness (QED) is 0.174. The molecule has 3 aromatic rings. The number of amides is 1. The summed E-state index contributed by atoms with van der Waals surface area (Å²) in [6.45, 7) is 2.84. The Morgan fingerprint density at radius 1 is 1.03 bits per heavy atom. The summed E-state index contributed by atoms with van der Waals surface area (Å²) >= 11 is 9.39. The van der Waals surface area contributed by atoms with E-state index in [1.807, 2.05) is 55.5 Å². The number of benzene rings is 3. The molecule has 0 unspecified atom stereocenters. The lowest BCUT2D eigenvalue weighted by atomic mass is 10.2. The van der Waals surface area contributed by atoms with Crippen molar-refractivity contribution in [2.75, 3.05) is 13.7 Å². The molecule has 0 bridgehead atoms. The second-order valence-electron chi connectivity index (χ2n) is 7.50. The van der Waals surface area contributed by atoms with Crippen LogP contribution in [0.2, 0.25) is 5.02 Å². The van der Waals surface area contributed by atoms with Gasteiger partial charge in [-0.3, -0.25) is 4.79 Å². The summed E-state index contributed by atoms with van der Waals surface area (Å²) in [7, 11) is 1.57. The van der Waals surface area contributed by atoms with Gasteiger partial charge in [0.15, 0.2) is 11.5 Å². The van der Waals surface area contributed by atoms with Crippen molar-refractivity contribution in [3.05, 3.63) is 86.8 Å². The third-order valence-electron chi connectivity index (χ3n) is 4.79. The third kappa shape index (κ3) is 8.08. The molecular weight excluding hydrogens is 520 g/mol. The van der Waals surface area contributed by atoms with Crippen molar-refractivity contribution in [1.82, 2.24) is 5.43 Å². The maximum atomic E-state index is 12.0.